The summed E-state index contributed by atoms with van der Waals surface area (Å²) in [5.74, 6) is 0.162. The molecule has 2 amide bonds. The largest absolute Gasteiger partial charge is 0.358 e. The predicted molar refractivity (Wildman–Crippen MR) is 110 cm³/mol. The molecule has 1 aromatic rings. The van der Waals surface area contributed by atoms with Crippen molar-refractivity contribution in [1.82, 2.24) is 9.80 Å². The monoisotopic (exact) mass is 382 g/mol. The van der Waals surface area contributed by atoms with Gasteiger partial charge in [-0.1, -0.05) is 6.42 Å². The molecule has 150 valence electrons. The van der Waals surface area contributed by atoms with E-state index in [2.05, 4.69) is 15.1 Å². The zero-order chi connectivity index (χ0) is 19.1. The van der Waals surface area contributed by atoms with Crippen LogP contribution in [0.15, 0.2) is 18.2 Å². The fourth-order valence-corrected chi connectivity index (χ4v) is 5.46. The maximum absolute atomic E-state index is 13.1. The molecule has 0 aliphatic carbocycles. The standard InChI is InChI=1S/C22H30N4O2/c27-21-20-5-4-12-26(20)19-7-6-16(15-18(19)23-21)22(28)25-13-8-17(9-14-25)24-10-2-1-3-11-24/h6-7,15,17,20H,1-5,8-14H2,(H,23,27). The van der Waals surface area contributed by atoms with Crippen LogP contribution in [0.25, 0.3) is 0 Å². The van der Waals surface area contributed by atoms with Gasteiger partial charge in [-0.05, 0) is 69.8 Å². The summed E-state index contributed by atoms with van der Waals surface area (Å²) in [6.07, 6.45) is 8.10. The molecule has 1 unspecified atom stereocenters. The highest BCUT2D eigenvalue weighted by molar-refractivity contribution is 6.06. The third kappa shape index (κ3) is 3.17. The number of hydrogen-bond donors (Lipinski definition) is 1. The van der Waals surface area contributed by atoms with Crippen LogP contribution >= 0.6 is 0 Å². The average Bonchev–Trinajstić information content (AvgIpc) is 3.25. The van der Waals surface area contributed by atoms with Crippen LogP contribution in [-0.2, 0) is 4.79 Å². The van der Waals surface area contributed by atoms with Gasteiger partial charge in [0, 0.05) is 31.2 Å². The maximum Gasteiger partial charge on any atom is 0.253 e. The van der Waals surface area contributed by atoms with E-state index in [9.17, 15) is 9.59 Å². The summed E-state index contributed by atoms with van der Waals surface area (Å²) in [5, 5.41) is 3.02. The minimum atomic E-state index is -0.0390. The van der Waals surface area contributed by atoms with Crippen molar-refractivity contribution in [2.75, 3.05) is 42.9 Å². The Morgan fingerprint density at radius 2 is 1.71 bits per heavy atom. The van der Waals surface area contributed by atoms with Crippen LogP contribution in [0, 0.1) is 0 Å². The SMILES string of the molecule is O=C1Nc2cc(C(=O)N3CCC(N4CCCCC4)CC3)ccc2N2CCCC12. The first-order valence-electron chi connectivity index (χ1n) is 11.0. The number of benzene rings is 1. The first-order chi connectivity index (χ1) is 13.7. The number of nitrogens with zero attached hydrogens (tertiary/aromatic N) is 3. The van der Waals surface area contributed by atoms with Gasteiger partial charge in [-0.3, -0.25) is 9.59 Å². The molecule has 0 radical (unpaired) electrons. The van der Waals surface area contributed by atoms with Crippen LogP contribution in [0.4, 0.5) is 11.4 Å². The van der Waals surface area contributed by atoms with Gasteiger partial charge >= 0.3 is 0 Å². The Morgan fingerprint density at radius 3 is 2.50 bits per heavy atom. The number of hydrogen-bond acceptors (Lipinski definition) is 4. The predicted octanol–water partition coefficient (Wildman–Crippen LogP) is 2.70. The fraction of sp³-hybridized carbons (Fsp3) is 0.636. The van der Waals surface area contributed by atoms with Gasteiger partial charge in [-0.2, -0.15) is 0 Å². The van der Waals surface area contributed by atoms with E-state index in [1.54, 1.807) is 0 Å². The topological polar surface area (TPSA) is 55.9 Å². The molecule has 4 heterocycles. The molecule has 0 aromatic heterocycles. The minimum absolute atomic E-state index is 0.0390. The van der Waals surface area contributed by atoms with Crippen molar-refractivity contribution in [3.8, 4) is 0 Å². The Balaban J connectivity index is 1.26. The third-order valence-corrected chi connectivity index (χ3v) is 7.02. The second kappa shape index (κ2) is 7.39. The molecule has 1 atom stereocenters. The van der Waals surface area contributed by atoms with Gasteiger partial charge in [-0.25, -0.2) is 0 Å². The molecule has 28 heavy (non-hydrogen) atoms. The molecule has 0 saturated carbocycles. The van der Waals surface area contributed by atoms with E-state index >= 15 is 0 Å². The van der Waals surface area contributed by atoms with E-state index in [1.807, 2.05) is 23.1 Å². The highest BCUT2D eigenvalue weighted by Gasteiger charge is 2.36. The van der Waals surface area contributed by atoms with Crippen LogP contribution in [0.5, 0.6) is 0 Å². The number of amides is 2. The van der Waals surface area contributed by atoms with Gasteiger partial charge in [0.2, 0.25) is 5.91 Å². The molecular formula is C22H30N4O2. The average molecular weight is 383 g/mol. The second-order valence-electron chi connectivity index (χ2n) is 8.69. The lowest BCUT2D eigenvalue weighted by Gasteiger charge is -2.40. The van der Waals surface area contributed by atoms with Gasteiger partial charge in [0.15, 0.2) is 0 Å². The lowest BCUT2D eigenvalue weighted by molar-refractivity contribution is -0.117. The number of carbonyl (C=O) groups excluding carboxylic acids is 2. The van der Waals surface area contributed by atoms with Crippen LogP contribution < -0.4 is 10.2 Å². The molecule has 1 aromatic carbocycles. The van der Waals surface area contributed by atoms with Crippen molar-refractivity contribution in [3.05, 3.63) is 23.8 Å². The number of carbonyl (C=O) groups is 2. The molecule has 6 nitrogen and oxygen atoms in total. The number of piperidine rings is 2. The smallest absolute Gasteiger partial charge is 0.253 e. The van der Waals surface area contributed by atoms with Crippen molar-refractivity contribution in [2.45, 2.75) is 57.0 Å². The third-order valence-electron chi connectivity index (χ3n) is 7.02. The first kappa shape index (κ1) is 18.0. The molecule has 0 bridgehead atoms. The number of likely N-dealkylation sites (tertiary alicyclic amines) is 2. The minimum Gasteiger partial charge on any atom is -0.358 e. The number of anilines is 2. The quantitative estimate of drug-likeness (QED) is 0.855. The van der Waals surface area contributed by atoms with Crippen molar-refractivity contribution in [1.29, 1.82) is 0 Å². The summed E-state index contributed by atoms with van der Waals surface area (Å²) < 4.78 is 0. The Kier molecular flexibility index (Phi) is 4.75. The highest BCUT2D eigenvalue weighted by Crippen LogP contribution is 2.37. The molecule has 5 rings (SSSR count). The van der Waals surface area contributed by atoms with Crippen molar-refractivity contribution < 1.29 is 9.59 Å². The second-order valence-corrected chi connectivity index (χ2v) is 8.69. The molecular weight excluding hydrogens is 352 g/mol. The van der Waals surface area contributed by atoms with Crippen LogP contribution in [-0.4, -0.2) is 66.4 Å². The van der Waals surface area contributed by atoms with E-state index in [1.165, 1.54) is 32.4 Å². The van der Waals surface area contributed by atoms with Crippen LogP contribution in [0.3, 0.4) is 0 Å². The van der Waals surface area contributed by atoms with E-state index in [0.29, 0.717) is 11.6 Å². The van der Waals surface area contributed by atoms with E-state index in [4.69, 9.17) is 0 Å². The summed E-state index contributed by atoms with van der Waals surface area (Å²) >= 11 is 0. The number of nitrogens with one attached hydrogen (secondary N) is 1. The lowest BCUT2D eigenvalue weighted by atomic mass is 9.99. The van der Waals surface area contributed by atoms with Crippen molar-refractivity contribution in [2.24, 2.45) is 0 Å². The van der Waals surface area contributed by atoms with Gasteiger partial charge in [0.05, 0.1) is 11.4 Å². The Bertz CT molecular complexity index is 766. The molecule has 3 saturated heterocycles. The fourth-order valence-electron chi connectivity index (χ4n) is 5.46. The summed E-state index contributed by atoms with van der Waals surface area (Å²) in [5.41, 5.74) is 2.53. The summed E-state index contributed by atoms with van der Waals surface area (Å²) in [6.45, 7) is 5.03. The van der Waals surface area contributed by atoms with E-state index < -0.39 is 0 Å². The summed E-state index contributed by atoms with van der Waals surface area (Å²) in [4.78, 5) is 32.2. The van der Waals surface area contributed by atoms with E-state index in [-0.39, 0.29) is 17.9 Å². The van der Waals surface area contributed by atoms with Gasteiger partial charge < -0.3 is 20.0 Å². The lowest BCUT2D eigenvalue weighted by Crippen LogP contribution is -2.48. The Morgan fingerprint density at radius 1 is 0.929 bits per heavy atom. The Hall–Kier alpha value is -2.08. The van der Waals surface area contributed by atoms with Crippen LogP contribution in [0.1, 0.15) is 55.3 Å². The highest BCUT2D eigenvalue weighted by atomic mass is 16.2. The number of rotatable bonds is 2. The molecule has 3 fully saturated rings. The zero-order valence-electron chi connectivity index (χ0n) is 16.5. The summed E-state index contributed by atoms with van der Waals surface area (Å²) in [6, 6.07) is 6.42. The molecule has 0 spiro atoms. The number of fused-ring (bicyclic) bond motifs is 3. The summed E-state index contributed by atoms with van der Waals surface area (Å²) in [7, 11) is 0. The molecule has 4 aliphatic rings. The normalized spacial score (nSPS) is 26.0. The molecule has 4 aliphatic heterocycles. The van der Waals surface area contributed by atoms with Crippen molar-refractivity contribution in [3.63, 3.8) is 0 Å². The Labute approximate surface area is 166 Å². The maximum atomic E-state index is 13.1. The van der Waals surface area contributed by atoms with Gasteiger partial charge in [0.1, 0.15) is 6.04 Å². The first-order valence-corrected chi connectivity index (χ1v) is 11.0. The van der Waals surface area contributed by atoms with Gasteiger partial charge in [-0.15, -0.1) is 0 Å². The molecule has 6 heteroatoms. The van der Waals surface area contributed by atoms with Gasteiger partial charge in [0.25, 0.3) is 5.91 Å². The van der Waals surface area contributed by atoms with Crippen LogP contribution in [0.2, 0.25) is 0 Å². The molecule has 1 N–H and O–H groups in total. The van der Waals surface area contributed by atoms with Crippen molar-refractivity contribution >= 4 is 23.2 Å². The zero-order valence-corrected chi connectivity index (χ0v) is 16.5. The van der Waals surface area contributed by atoms with E-state index in [0.717, 1.165) is 56.7 Å².